The number of halogens is 3. The van der Waals surface area contributed by atoms with Crippen LogP contribution in [0.25, 0.3) is 0 Å². The van der Waals surface area contributed by atoms with Crippen molar-refractivity contribution >= 4 is 11.9 Å². The monoisotopic (exact) mass is 340 g/mol. The molecule has 1 aliphatic heterocycles. The molecule has 0 radical (unpaired) electrons. The lowest BCUT2D eigenvalue weighted by Gasteiger charge is -2.34. The van der Waals surface area contributed by atoms with Crippen LogP contribution in [0.15, 0.2) is 30.7 Å². The van der Waals surface area contributed by atoms with Crippen LogP contribution >= 0.6 is 0 Å². The molecule has 1 fully saturated rings. The molecule has 0 saturated carbocycles. The molecule has 0 N–H and O–H groups in total. The molecule has 2 aromatic heterocycles. The number of alkyl halides is 3. The summed E-state index contributed by atoms with van der Waals surface area (Å²) in [4.78, 5) is 24.1. The molecule has 0 aromatic carbocycles. The Morgan fingerprint density at radius 3 is 2.38 bits per heavy atom. The van der Waals surface area contributed by atoms with Crippen molar-refractivity contribution in [2.24, 2.45) is 0 Å². The van der Waals surface area contributed by atoms with Crippen molar-refractivity contribution in [1.82, 2.24) is 24.6 Å². The van der Waals surface area contributed by atoms with E-state index in [2.05, 4.69) is 15.1 Å². The van der Waals surface area contributed by atoms with Crippen molar-refractivity contribution in [1.29, 1.82) is 0 Å². The van der Waals surface area contributed by atoms with Gasteiger partial charge in [-0.15, -0.1) is 0 Å². The SMILES string of the molecule is O=C(Cn1ccc(C(F)(F)F)n1)N1CCN(c2ncccn2)CC1. The van der Waals surface area contributed by atoms with Crippen LogP contribution in [-0.4, -0.2) is 56.7 Å². The van der Waals surface area contributed by atoms with Crippen molar-refractivity contribution in [3.05, 3.63) is 36.4 Å². The number of hydrogen-bond donors (Lipinski definition) is 0. The number of piperazine rings is 1. The fourth-order valence-electron chi connectivity index (χ4n) is 2.45. The molecule has 1 saturated heterocycles. The van der Waals surface area contributed by atoms with Gasteiger partial charge in [-0.05, 0) is 12.1 Å². The van der Waals surface area contributed by atoms with Gasteiger partial charge in [-0.3, -0.25) is 9.48 Å². The lowest BCUT2D eigenvalue weighted by Crippen LogP contribution is -2.50. The van der Waals surface area contributed by atoms with Crippen LogP contribution in [0.4, 0.5) is 19.1 Å². The quantitative estimate of drug-likeness (QED) is 0.835. The minimum absolute atomic E-state index is 0.210. The highest BCUT2D eigenvalue weighted by Crippen LogP contribution is 2.27. The first-order valence-corrected chi connectivity index (χ1v) is 7.34. The Labute approximate surface area is 135 Å². The third kappa shape index (κ3) is 3.63. The Kier molecular flexibility index (Phi) is 4.36. The summed E-state index contributed by atoms with van der Waals surface area (Å²) in [6.07, 6.45) is -0.0456. The summed E-state index contributed by atoms with van der Waals surface area (Å²) in [6.45, 7) is 1.86. The Bertz CT molecular complexity index is 694. The minimum Gasteiger partial charge on any atom is -0.338 e. The van der Waals surface area contributed by atoms with Crippen LogP contribution in [0.5, 0.6) is 0 Å². The lowest BCUT2D eigenvalue weighted by atomic mass is 10.3. The average Bonchev–Trinajstić information content (AvgIpc) is 3.05. The molecular weight excluding hydrogens is 325 g/mol. The van der Waals surface area contributed by atoms with E-state index in [4.69, 9.17) is 0 Å². The van der Waals surface area contributed by atoms with Gasteiger partial charge in [-0.25, -0.2) is 9.97 Å². The molecule has 0 atom stereocenters. The first-order chi connectivity index (χ1) is 11.4. The molecule has 128 valence electrons. The highest BCUT2D eigenvalue weighted by Gasteiger charge is 2.33. The molecule has 3 rings (SSSR count). The van der Waals surface area contributed by atoms with Crippen molar-refractivity contribution in [3.8, 4) is 0 Å². The van der Waals surface area contributed by atoms with E-state index in [1.165, 1.54) is 0 Å². The van der Waals surface area contributed by atoms with Gasteiger partial charge in [0.1, 0.15) is 6.54 Å². The van der Waals surface area contributed by atoms with E-state index in [1.54, 1.807) is 23.4 Å². The number of carbonyl (C=O) groups is 1. The van der Waals surface area contributed by atoms with Crippen LogP contribution in [0.1, 0.15) is 5.69 Å². The number of nitrogens with zero attached hydrogens (tertiary/aromatic N) is 6. The number of anilines is 1. The Hall–Kier alpha value is -2.65. The molecule has 10 heteroatoms. The topological polar surface area (TPSA) is 67.2 Å². The minimum atomic E-state index is -4.50. The fourth-order valence-corrected chi connectivity index (χ4v) is 2.45. The van der Waals surface area contributed by atoms with Crippen molar-refractivity contribution in [3.63, 3.8) is 0 Å². The number of hydrogen-bond acceptors (Lipinski definition) is 5. The van der Waals surface area contributed by atoms with Crippen LogP contribution in [0.2, 0.25) is 0 Å². The third-order valence-corrected chi connectivity index (χ3v) is 3.70. The predicted molar refractivity (Wildman–Crippen MR) is 78.1 cm³/mol. The van der Waals surface area contributed by atoms with Gasteiger partial charge in [0.15, 0.2) is 5.69 Å². The first kappa shape index (κ1) is 16.2. The summed E-state index contributed by atoms with van der Waals surface area (Å²) in [5.74, 6) is 0.340. The van der Waals surface area contributed by atoms with Crippen LogP contribution in [0, 0.1) is 0 Å². The van der Waals surface area contributed by atoms with Crippen LogP contribution in [0.3, 0.4) is 0 Å². The van der Waals surface area contributed by atoms with Gasteiger partial charge in [0.2, 0.25) is 11.9 Å². The normalized spacial score (nSPS) is 15.6. The van der Waals surface area contributed by atoms with Gasteiger partial charge >= 0.3 is 6.18 Å². The van der Waals surface area contributed by atoms with Crippen LogP contribution < -0.4 is 4.90 Å². The summed E-state index contributed by atoms with van der Waals surface area (Å²) in [5, 5.41) is 3.39. The summed E-state index contributed by atoms with van der Waals surface area (Å²) in [5.41, 5.74) is -0.999. The van der Waals surface area contributed by atoms with E-state index in [1.807, 2.05) is 4.90 Å². The molecule has 1 aliphatic rings. The van der Waals surface area contributed by atoms with E-state index in [-0.39, 0.29) is 12.5 Å². The van der Waals surface area contributed by atoms with E-state index in [0.29, 0.717) is 32.1 Å². The second kappa shape index (κ2) is 6.46. The maximum absolute atomic E-state index is 12.5. The average molecular weight is 340 g/mol. The van der Waals surface area contributed by atoms with Gasteiger partial charge in [0.25, 0.3) is 0 Å². The smallest absolute Gasteiger partial charge is 0.338 e. The van der Waals surface area contributed by atoms with Crippen molar-refractivity contribution in [2.75, 3.05) is 31.1 Å². The number of aromatic nitrogens is 4. The Morgan fingerprint density at radius 2 is 1.79 bits per heavy atom. The molecule has 2 aromatic rings. The summed E-state index contributed by atoms with van der Waals surface area (Å²) >= 11 is 0. The number of rotatable bonds is 3. The highest BCUT2D eigenvalue weighted by atomic mass is 19.4. The molecule has 1 amide bonds. The Balaban J connectivity index is 1.55. The van der Waals surface area contributed by atoms with Crippen molar-refractivity contribution < 1.29 is 18.0 Å². The zero-order valence-electron chi connectivity index (χ0n) is 12.6. The number of amides is 1. The van der Waals surface area contributed by atoms with Gasteiger partial charge in [-0.1, -0.05) is 0 Å². The first-order valence-electron chi connectivity index (χ1n) is 7.34. The summed E-state index contributed by atoms with van der Waals surface area (Å²) in [6, 6.07) is 2.58. The zero-order chi connectivity index (χ0) is 17.2. The highest BCUT2D eigenvalue weighted by molar-refractivity contribution is 5.76. The van der Waals surface area contributed by atoms with Gasteiger partial charge < -0.3 is 9.80 Å². The van der Waals surface area contributed by atoms with E-state index < -0.39 is 11.9 Å². The maximum atomic E-state index is 12.5. The molecule has 0 unspecified atom stereocenters. The largest absolute Gasteiger partial charge is 0.435 e. The standard InChI is InChI=1S/C14H15F3N6O/c15-14(16,17)11-2-5-23(20-11)10-12(24)21-6-8-22(9-7-21)13-18-3-1-4-19-13/h1-5H,6-10H2. The molecule has 0 aliphatic carbocycles. The molecule has 3 heterocycles. The maximum Gasteiger partial charge on any atom is 0.435 e. The molecule has 24 heavy (non-hydrogen) atoms. The third-order valence-electron chi connectivity index (χ3n) is 3.70. The molecular formula is C14H15F3N6O. The second-order valence-corrected chi connectivity index (χ2v) is 5.31. The van der Waals surface area contributed by atoms with Crippen molar-refractivity contribution in [2.45, 2.75) is 12.7 Å². The summed E-state index contributed by atoms with van der Waals surface area (Å²) < 4.78 is 38.5. The molecule has 7 nitrogen and oxygen atoms in total. The van der Waals surface area contributed by atoms with Gasteiger partial charge in [0.05, 0.1) is 0 Å². The second-order valence-electron chi connectivity index (χ2n) is 5.31. The number of carbonyl (C=O) groups excluding carboxylic acids is 1. The Morgan fingerprint density at radius 1 is 1.12 bits per heavy atom. The lowest BCUT2D eigenvalue weighted by molar-refractivity contribution is -0.142. The molecule has 0 spiro atoms. The van der Waals surface area contributed by atoms with Gasteiger partial charge in [-0.2, -0.15) is 18.3 Å². The van der Waals surface area contributed by atoms with E-state index >= 15 is 0 Å². The predicted octanol–water partition coefficient (Wildman–Crippen LogP) is 1.04. The van der Waals surface area contributed by atoms with Gasteiger partial charge in [0, 0.05) is 44.8 Å². The van der Waals surface area contributed by atoms with Crippen LogP contribution in [-0.2, 0) is 17.5 Å². The zero-order valence-corrected chi connectivity index (χ0v) is 12.6. The molecule has 0 bridgehead atoms. The van der Waals surface area contributed by atoms with E-state index in [9.17, 15) is 18.0 Å². The van der Waals surface area contributed by atoms with E-state index in [0.717, 1.165) is 16.9 Å². The summed E-state index contributed by atoms with van der Waals surface area (Å²) in [7, 11) is 0. The fraction of sp³-hybridized carbons (Fsp3) is 0.429.